The van der Waals surface area contributed by atoms with Gasteiger partial charge in [0.2, 0.25) is 0 Å². The zero-order valence-electron chi connectivity index (χ0n) is 11.2. The van der Waals surface area contributed by atoms with Crippen LogP contribution in [0.3, 0.4) is 0 Å². The number of nitrogens with one attached hydrogen (secondary N) is 1. The highest BCUT2D eigenvalue weighted by molar-refractivity contribution is 6.00. The van der Waals surface area contributed by atoms with E-state index in [0.717, 1.165) is 24.2 Å². The third-order valence-corrected chi connectivity index (χ3v) is 3.94. The molecular formula is C15H19N3O. The van der Waals surface area contributed by atoms with Crippen LogP contribution in [0.25, 0.3) is 5.65 Å². The lowest BCUT2D eigenvalue weighted by Crippen LogP contribution is -2.36. The minimum absolute atomic E-state index is 0.00694. The summed E-state index contributed by atoms with van der Waals surface area (Å²) in [6, 6.07) is 4.13. The van der Waals surface area contributed by atoms with Gasteiger partial charge in [-0.1, -0.05) is 19.3 Å². The summed E-state index contributed by atoms with van der Waals surface area (Å²) in [5.41, 5.74) is 2.50. The van der Waals surface area contributed by atoms with Gasteiger partial charge in [-0.05, 0) is 31.9 Å². The second-order valence-corrected chi connectivity index (χ2v) is 5.32. The molecule has 100 valence electrons. The summed E-state index contributed by atoms with van der Waals surface area (Å²) in [7, 11) is 0. The molecule has 0 aliphatic heterocycles. The number of carbonyl (C=O) groups excluding carboxylic acids is 1. The SMILES string of the molecule is Cc1ccnc2c(C(=O)NC3CCCCC3)ccn12. The molecule has 1 aliphatic carbocycles. The van der Waals surface area contributed by atoms with Crippen molar-refractivity contribution in [1.82, 2.24) is 14.7 Å². The molecule has 0 saturated heterocycles. The third kappa shape index (κ3) is 2.35. The predicted molar refractivity (Wildman–Crippen MR) is 74.3 cm³/mol. The molecule has 2 aromatic rings. The van der Waals surface area contributed by atoms with Crippen molar-refractivity contribution >= 4 is 11.6 Å². The Hall–Kier alpha value is -1.84. The normalized spacial score (nSPS) is 16.7. The summed E-state index contributed by atoms with van der Waals surface area (Å²) in [5, 5.41) is 3.14. The maximum absolute atomic E-state index is 12.3. The molecule has 0 bridgehead atoms. The molecule has 4 nitrogen and oxygen atoms in total. The summed E-state index contributed by atoms with van der Waals surface area (Å²) in [6.45, 7) is 2.01. The smallest absolute Gasteiger partial charge is 0.255 e. The van der Waals surface area contributed by atoms with Crippen molar-refractivity contribution in [3.05, 3.63) is 35.8 Å². The van der Waals surface area contributed by atoms with Crippen molar-refractivity contribution in [2.45, 2.75) is 45.1 Å². The molecule has 1 aliphatic rings. The molecule has 0 aromatic carbocycles. The first kappa shape index (κ1) is 12.2. The van der Waals surface area contributed by atoms with Gasteiger partial charge < -0.3 is 9.72 Å². The number of aromatic nitrogens is 2. The number of hydrogen-bond acceptors (Lipinski definition) is 2. The van der Waals surface area contributed by atoms with Crippen molar-refractivity contribution in [3.8, 4) is 0 Å². The van der Waals surface area contributed by atoms with Crippen LogP contribution in [-0.2, 0) is 0 Å². The Morgan fingerprint density at radius 3 is 2.89 bits per heavy atom. The van der Waals surface area contributed by atoms with E-state index in [2.05, 4.69) is 10.3 Å². The first-order valence-corrected chi connectivity index (χ1v) is 6.99. The standard InChI is InChI=1S/C15H19N3O/c1-11-7-9-16-14-13(8-10-18(11)14)15(19)17-12-5-3-2-4-6-12/h7-10,12H,2-6H2,1H3,(H,17,19). The molecule has 0 spiro atoms. The monoisotopic (exact) mass is 257 g/mol. The van der Waals surface area contributed by atoms with Crippen LogP contribution in [0.15, 0.2) is 24.5 Å². The Morgan fingerprint density at radius 1 is 1.32 bits per heavy atom. The van der Waals surface area contributed by atoms with Gasteiger partial charge >= 0.3 is 0 Å². The van der Waals surface area contributed by atoms with Gasteiger partial charge in [-0.3, -0.25) is 4.79 Å². The van der Waals surface area contributed by atoms with Crippen LogP contribution < -0.4 is 5.32 Å². The Kier molecular flexibility index (Phi) is 3.23. The van der Waals surface area contributed by atoms with Crippen molar-refractivity contribution in [2.75, 3.05) is 0 Å². The fourth-order valence-corrected chi connectivity index (χ4v) is 2.82. The molecule has 1 amide bonds. The quantitative estimate of drug-likeness (QED) is 0.899. The Bertz CT molecular complexity index is 596. The summed E-state index contributed by atoms with van der Waals surface area (Å²) in [4.78, 5) is 16.7. The molecule has 2 heterocycles. The molecule has 0 unspecified atom stereocenters. The highest BCUT2D eigenvalue weighted by Crippen LogP contribution is 2.19. The fraction of sp³-hybridized carbons (Fsp3) is 0.467. The first-order chi connectivity index (χ1) is 9.25. The van der Waals surface area contributed by atoms with E-state index >= 15 is 0 Å². The van der Waals surface area contributed by atoms with Crippen LogP contribution in [0.5, 0.6) is 0 Å². The molecule has 1 fully saturated rings. The van der Waals surface area contributed by atoms with Crippen LogP contribution in [0.4, 0.5) is 0 Å². The Labute approximate surface area is 112 Å². The van der Waals surface area contributed by atoms with E-state index in [4.69, 9.17) is 0 Å². The maximum Gasteiger partial charge on any atom is 0.255 e. The second-order valence-electron chi connectivity index (χ2n) is 5.32. The van der Waals surface area contributed by atoms with E-state index in [0.29, 0.717) is 11.6 Å². The van der Waals surface area contributed by atoms with Crippen LogP contribution in [-0.4, -0.2) is 21.3 Å². The molecule has 1 saturated carbocycles. The van der Waals surface area contributed by atoms with Crippen molar-refractivity contribution < 1.29 is 4.79 Å². The first-order valence-electron chi connectivity index (χ1n) is 6.99. The molecule has 0 atom stereocenters. The van der Waals surface area contributed by atoms with Gasteiger partial charge in [-0.2, -0.15) is 0 Å². The summed E-state index contributed by atoms with van der Waals surface area (Å²) >= 11 is 0. The fourth-order valence-electron chi connectivity index (χ4n) is 2.82. The zero-order chi connectivity index (χ0) is 13.2. The van der Waals surface area contributed by atoms with Gasteiger partial charge in [-0.15, -0.1) is 0 Å². The van der Waals surface area contributed by atoms with Crippen LogP contribution >= 0.6 is 0 Å². The van der Waals surface area contributed by atoms with Crippen molar-refractivity contribution in [2.24, 2.45) is 0 Å². The van der Waals surface area contributed by atoms with E-state index in [1.54, 1.807) is 6.20 Å². The lowest BCUT2D eigenvalue weighted by molar-refractivity contribution is 0.0929. The van der Waals surface area contributed by atoms with Crippen LogP contribution in [0.2, 0.25) is 0 Å². The van der Waals surface area contributed by atoms with E-state index in [1.807, 2.05) is 29.7 Å². The predicted octanol–water partition coefficient (Wildman–Crippen LogP) is 2.71. The summed E-state index contributed by atoms with van der Waals surface area (Å²) in [5.74, 6) is 0.00694. The van der Waals surface area contributed by atoms with Crippen LogP contribution in [0.1, 0.15) is 48.2 Å². The number of nitrogens with zero attached hydrogens (tertiary/aromatic N) is 2. The summed E-state index contributed by atoms with van der Waals surface area (Å²) in [6.07, 6.45) is 9.60. The minimum Gasteiger partial charge on any atom is -0.349 e. The summed E-state index contributed by atoms with van der Waals surface area (Å²) < 4.78 is 1.95. The average molecular weight is 257 g/mol. The largest absolute Gasteiger partial charge is 0.349 e. The molecule has 2 aromatic heterocycles. The van der Waals surface area contributed by atoms with Gasteiger partial charge in [0.25, 0.3) is 5.91 Å². The lowest BCUT2D eigenvalue weighted by atomic mass is 9.95. The second kappa shape index (κ2) is 5.03. The lowest BCUT2D eigenvalue weighted by Gasteiger charge is -2.22. The van der Waals surface area contributed by atoms with E-state index in [-0.39, 0.29) is 5.91 Å². The molecular weight excluding hydrogens is 238 g/mol. The van der Waals surface area contributed by atoms with Gasteiger partial charge in [-0.25, -0.2) is 4.98 Å². The molecule has 4 heteroatoms. The van der Waals surface area contributed by atoms with Gasteiger partial charge in [0.15, 0.2) is 0 Å². The van der Waals surface area contributed by atoms with E-state index in [9.17, 15) is 4.79 Å². The number of fused-ring (bicyclic) bond motifs is 1. The zero-order valence-corrected chi connectivity index (χ0v) is 11.2. The van der Waals surface area contributed by atoms with Crippen molar-refractivity contribution in [1.29, 1.82) is 0 Å². The highest BCUT2D eigenvalue weighted by atomic mass is 16.1. The highest BCUT2D eigenvalue weighted by Gasteiger charge is 2.19. The van der Waals surface area contributed by atoms with Gasteiger partial charge in [0.1, 0.15) is 5.65 Å². The molecule has 3 rings (SSSR count). The van der Waals surface area contributed by atoms with Gasteiger partial charge in [0.05, 0.1) is 5.56 Å². The Balaban J connectivity index is 1.83. The molecule has 0 radical (unpaired) electrons. The van der Waals surface area contributed by atoms with E-state index in [1.165, 1.54) is 19.3 Å². The topological polar surface area (TPSA) is 46.4 Å². The maximum atomic E-state index is 12.3. The number of amides is 1. The molecule has 19 heavy (non-hydrogen) atoms. The molecule has 1 N–H and O–H groups in total. The number of carbonyl (C=O) groups is 1. The van der Waals surface area contributed by atoms with Gasteiger partial charge in [0, 0.05) is 24.1 Å². The third-order valence-electron chi connectivity index (χ3n) is 3.94. The average Bonchev–Trinajstić information content (AvgIpc) is 2.85. The minimum atomic E-state index is 0.00694. The Morgan fingerprint density at radius 2 is 2.11 bits per heavy atom. The van der Waals surface area contributed by atoms with E-state index < -0.39 is 0 Å². The number of hydrogen-bond donors (Lipinski definition) is 1. The van der Waals surface area contributed by atoms with Crippen LogP contribution in [0, 0.1) is 6.92 Å². The number of aryl methyl sites for hydroxylation is 1. The van der Waals surface area contributed by atoms with Crippen molar-refractivity contribution in [3.63, 3.8) is 0 Å². The number of rotatable bonds is 2.